The fourth-order valence-corrected chi connectivity index (χ4v) is 4.63. The number of benzene rings is 3. The van der Waals surface area contributed by atoms with Crippen LogP contribution in [0.15, 0.2) is 48.5 Å². The molecule has 44 heavy (non-hydrogen) atoms. The quantitative estimate of drug-likeness (QED) is 0.251. The van der Waals surface area contributed by atoms with Gasteiger partial charge in [0, 0.05) is 19.4 Å². The van der Waals surface area contributed by atoms with Gasteiger partial charge in [-0.05, 0) is 72.0 Å². The first kappa shape index (κ1) is 23.4. The van der Waals surface area contributed by atoms with Gasteiger partial charge in [-0.25, -0.2) is 9.18 Å². The number of rotatable bonds is 6. The fraction of sp³-hybridized carbons (Fsp3) is 0.367. The number of carbonyl (C=O) groups is 1. The number of hydrogen-bond donors (Lipinski definition) is 0. The number of ether oxygens (including phenoxy) is 2. The Bertz CT molecular complexity index is 1830. The molecule has 238 valence electrons. The number of hydrogen-bond acceptors (Lipinski definition) is 3. The van der Waals surface area contributed by atoms with E-state index in [1.165, 1.54) is 0 Å². The van der Waals surface area contributed by atoms with E-state index < -0.39 is 119 Å². The number of methoxy groups -OCH3 is 1. The van der Waals surface area contributed by atoms with Crippen LogP contribution in [0.3, 0.4) is 0 Å². The van der Waals surface area contributed by atoms with Crippen molar-refractivity contribution in [2.24, 2.45) is 0 Å². The molecule has 1 aliphatic rings. The minimum absolute atomic E-state index is 0.0369. The summed E-state index contributed by atoms with van der Waals surface area (Å²) in [5, 5.41) is 0. The molecule has 3 aromatic rings. The summed E-state index contributed by atoms with van der Waals surface area (Å²) in [6.45, 7) is -7.54. The van der Waals surface area contributed by atoms with Crippen LogP contribution in [0.5, 0.6) is 5.75 Å². The summed E-state index contributed by atoms with van der Waals surface area (Å²) >= 11 is 0. The van der Waals surface area contributed by atoms with Crippen LogP contribution in [0.2, 0.25) is 0 Å². The van der Waals surface area contributed by atoms with E-state index >= 15 is 4.39 Å². The molecule has 1 heterocycles. The van der Waals surface area contributed by atoms with E-state index in [1.54, 1.807) is 0 Å². The first-order valence-electron chi connectivity index (χ1n) is 16.2. The third kappa shape index (κ3) is 6.43. The van der Waals surface area contributed by atoms with Crippen LogP contribution >= 0.6 is 0 Å². The number of alkyl halides is 9. The Morgan fingerprint density at radius 1 is 0.909 bits per heavy atom. The molecule has 4 nitrogen and oxygen atoms in total. The van der Waals surface area contributed by atoms with Crippen molar-refractivity contribution in [3.8, 4) is 16.9 Å². The van der Waals surface area contributed by atoms with Crippen molar-refractivity contribution in [1.29, 1.82) is 0 Å². The number of amides is 1. The van der Waals surface area contributed by atoms with Crippen LogP contribution in [0.25, 0.3) is 11.1 Å². The van der Waals surface area contributed by atoms with Crippen LogP contribution in [-0.2, 0) is 29.8 Å². The van der Waals surface area contributed by atoms with Gasteiger partial charge in [0.15, 0.2) is 0 Å². The largest absolute Gasteiger partial charge is 0.496 e. The second-order valence-corrected chi connectivity index (χ2v) is 9.50. The number of halogens is 10. The average Bonchev–Trinajstić information content (AvgIpc) is 3.14. The molecule has 0 aromatic heterocycles. The molecule has 3 aromatic carbocycles. The Morgan fingerprint density at radius 2 is 1.50 bits per heavy atom. The highest BCUT2D eigenvalue weighted by Gasteiger charge is 2.44. The van der Waals surface area contributed by atoms with E-state index in [0.29, 0.717) is 31.2 Å². The highest BCUT2D eigenvalue weighted by atomic mass is 19.4. The van der Waals surface area contributed by atoms with E-state index in [1.807, 2.05) is 0 Å². The lowest BCUT2D eigenvalue weighted by Crippen LogP contribution is -2.32. The summed E-state index contributed by atoms with van der Waals surface area (Å²) < 4.78 is 215. The normalized spacial score (nSPS) is 24.4. The van der Waals surface area contributed by atoms with Crippen LogP contribution in [0.1, 0.15) is 77.0 Å². The van der Waals surface area contributed by atoms with Crippen molar-refractivity contribution in [1.82, 2.24) is 4.90 Å². The molecule has 0 bridgehead atoms. The Morgan fingerprint density at radius 3 is 2.02 bits per heavy atom. The van der Waals surface area contributed by atoms with Gasteiger partial charge < -0.3 is 9.47 Å². The molecule has 0 aliphatic carbocycles. The summed E-state index contributed by atoms with van der Waals surface area (Å²) in [4.78, 5) is 13.5. The van der Waals surface area contributed by atoms with Crippen LogP contribution in [0.4, 0.5) is 48.7 Å². The topological polar surface area (TPSA) is 38.8 Å². The molecule has 2 atom stereocenters. The lowest BCUT2D eigenvalue weighted by atomic mass is 9.88. The highest BCUT2D eigenvalue weighted by molar-refractivity contribution is 5.79. The van der Waals surface area contributed by atoms with E-state index in [2.05, 4.69) is 0 Å². The van der Waals surface area contributed by atoms with Crippen LogP contribution in [-0.4, -0.2) is 24.1 Å². The molecule has 0 radical (unpaired) electrons. The molecule has 1 fully saturated rings. The number of nitrogens with zero attached hydrogens (tertiary/aromatic N) is 1. The first-order chi connectivity index (χ1) is 23.4. The molecule has 0 unspecified atom stereocenters. The van der Waals surface area contributed by atoms with E-state index in [0.717, 1.165) is 13.2 Å². The van der Waals surface area contributed by atoms with Crippen LogP contribution < -0.4 is 4.74 Å². The number of carbonyl (C=O) groups excluding carboxylic acids is 1. The Labute approximate surface area is 256 Å². The van der Waals surface area contributed by atoms with Crippen molar-refractivity contribution in [2.75, 3.05) is 7.11 Å². The van der Waals surface area contributed by atoms with Gasteiger partial charge in [-0.15, -0.1) is 0 Å². The predicted molar refractivity (Wildman–Crippen MR) is 138 cm³/mol. The molecule has 0 N–H and O–H groups in total. The zero-order chi connectivity index (χ0) is 39.8. The van der Waals surface area contributed by atoms with E-state index in [4.69, 9.17) is 20.4 Å². The van der Waals surface area contributed by atoms with Crippen molar-refractivity contribution in [3.63, 3.8) is 0 Å². The molecule has 1 saturated heterocycles. The van der Waals surface area contributed by atoms with Crippen molar-refractivity contribution < 1.29 is 69.1 Å². The second kappa shape index (κ2) is 11.5. The summed E-state index contributed by atoms with van der Waals surface area (Å²) in [7, 11) is 0.974. The smallest absolute Gasteiger partial charge is 0.416 e. The maximum atomic E-state index is 15.6. The monoisotopic (exact) mass is 645 g/mol. The maximum Gasteiger partial charge on any atom is 0.416 e. The summed E-state index contributed by atoms with van der Waals surface area (Å²) in [6.07, 6.45) is -21.2. The molecule has 4 rings (SSSR count). The Hall–Kier alpha value is -3.97. The molecule has 1 amide bonds. The highest BCUT2D eigenvalue weighted by Crippen LogP contribution is 2.45. The first-order valence-corrected chi connectivity index (χ1v) is 12.2. The van der Waals surface area contributed by atoms with Gasteiger partial charge in [-0.2, -0.15) is 39.5 Å². The molecule has 1 aliphatic heterocycles. The van der Waals surface area contributed by atoms with Crippen molar-refractivity contribution in [2.45, 2.75) is 63.7 Å². The molecular formula is C30H25F10NO3. The van der Waals surface area contributed by atoms with Gasteiger partial charge in [0.1, 0.15) is 17.6 Å². The van der Waals surface area contributed by atoms with Gasteiger partial charge in [0.25, 0.3) is 0 Å². The third-order valence-corrected chi connectivity index (χ3v) is 6.69. The lowest BCUT2D eigenvalue weighted by molar-refractivity contribution is -0.143. The maximum absolute atomic E-state index is 15.6. The summed E-state index contributed by atoms with van der Waals surface area (Å²) in [5.74, 6) is -4.53. The van der Waals surface area contributed by atoms with E-state index in [-0.39, 0.29) is 23.1 Å². The Kier molecular flexibility index (Phi) is 6.13. The van der Waals surface area contributed by atoms with Crippen molar-refractivity contribution in [3.05, 3.63) is 87.7 Å². The van der Waals surface area contributed by atoms with Crippen molar-refractivity contribution >= 4 is 6.09 Å². The zero-order valence-corrected chi connectivity index (χ0v) is 22.4. The molecule has 0 saturated carbocycles. The van der Waals surface area contributed by atoms with Gasteiger partial charge in [0.2, 0.25) is 0 Å². The minimum atomic E-state index is -5.43. The number of cyclic esters (lactones) is 1. The van der Waals surface area contributed by atoms with Crippen LogP contribution in [0, 0.1) is 5.82 Å². The minimum Gasteiger partial charge on any atom is -0.496 e. The summed E-state index contributed by atoms with van der Waals surface area (Å²) in [6, 6.07) is -0.259. The van der Waals surface area contributed by atoms with Gasteiger partial charge in [0.05, 0.1) is 39.1 Å². The standard InChI is InChI=1S/C30H25F10NO3/c1-14(2)24-22(31)7-8-23(43-4)25(24)21-6-5-18(28(32,33)34)11-17(21)13-41-15(3)26(44-27(41)42)16-9-19(29(35,36)37)12-20(10-16)30(38,39)40/h5-12,14-15,26H,13H2,1-4H3/t15-,26-/m0/s1/i1D3,2D3,15D,26D. The SMILES string of the molecule is [2H]C([2H])([2H])C(c1c(F)ccc(OC)c1-c1ccc(C(F)(F)F)cc1CN1C(=O)O[C@]([2H])(c2cc(C(F)(F)F)cc(C(F)(F)F)c2)[C@]1([2H])C)C([2H])([2H])[2H]. The zero-order valence-electron chi connectivity index (χ0n) is 30.4. The van der Waals surface area contributed by atoms with E-state index in [9.17, 15) is 44.3 Å². The van der Waals surface area contributed by atoms with Gasteiger partial charge in [-0.1, -0.05) is 19.8 Å². The predicted octanol–water partition coefficient (Wildman–Crippen LogP) is 9.76. The summed E-state index contributed by atoms with van der Waals surface area (Å²) in [5.41, 5.74) is -9.66. The second-order valence-electron chi connectivity index (χ2n) is 9.50. The molecule has 0 spiro atoms. The Balaban J connectivity index is 2.01. The van der Waals surface area contributed by atoms with Gasteiger partial charge >= 0.3 is 24.6 Å². The van der Waals surface area contributed by atoms with Gasteiger partial charge in [-0.3, -0.25) is 4.90 Å². The average molecular weight is 646 g/mol. The third-order valence-electron chi connectivity index (χ3n) is 6.69. The molecule has 14 heteroatoms. The lowest BCUT2D eigenvalue weighted by Gasteiger charge is -2.25. The molecular weight excluding hydrogens is 612 g/mol. The fourth-order valence-electron chi connectivity index (χ4n) is 4.63.